The Labute approximate surface area is 107 Å². The zero-order valence-electron chi connectivity index (χ0n) is 10.7. The highest BCUT2D eigenvalue weighted by Crippen LogP contribution is 2.28. The molecule has 0 unspecified atom stereocenters. The monoisotopic (exact) mass is 240 g/mol. The number of fused-ring (bicyclic) bond motifs is 1. The molecule has 0 spiro atoms. The standard InChI is InChI=1S/C14H16N4/c1-9-5-4-8-16-12(9)14-17-11-7-3-6-10(11)13(15-2)18-14/h4-5,8H,3,6-7H2,1-2H3,(H,15,17,18). The topological polar surface area (TPSA) is 50.7 Å². The van der Waals surface area contributed by atoms with Gasteiger partial charge in [-0.25, -0.2) is 9.97 Å². The van der Waals surface area contributed by atoms with Gasteiger partial charge >= 0.3 is 0 Å². The van der Waals surface area contributed by atoms with Gasteiger partial charge in [0.2, 0.25) is 0 Å². The number of rotatable bonds is 2. The smallest absolute Gasteiger partial charge is 0.180 e. The maximum Gasteiger partial charge on any atom is 0.180 e. The zero-order chi connectivity index (χ0) is 12.5. The average Bonchev–Trinajstić information content (AvgIpc) is 2.86. The van der Waals surface area contributed by atoms with Gasteiger partial charge in [0.1, 0.15) is 11.5 Å². The summed E-state index contributed by atoms with van der Waals surface area (Å²) in [5, 5.41) is 3.18. The molecular weight excluding hydrogens is 224 g/mol. The lowest BCUT2D eigenvalue weighted by atomic mass is 10.2. The Balaban J connectivity index is 2.17. The van der Waals surface area contributed by atoms with E-state index in [-0.39, 0.29) is 0 Å². The van der Waals surface area contributed by atoms with Crippen molar-refractivity contribution in [1.82, 2.24) is 15.0 Å². The maximum absolute atomic E-state index is 4.68. The third-order valence-electron chi connectivity index (χ3n) is 3.39. The Kier molecular flexibility index (Phi) is 2.70. The highest BCUT2D eigenvalue weighted by molar-refractivity contribution is 5.60. The lowest BCUT2D eigenvalue weighted by Crippen LogP contribution is -2.04. The van der Waals surface area contributed by atoms with Crippen LogP contribution in [0.3, 0.4) is 0 Å². The first-order valence-electron chi connectivity index (χ1n) is 6.29. The van der Waals surface area contributed by atoms with Gasteiger partial charge in [0.25, 0.3) is 0 Å². The minimum absolute atomic E-state index is 0.734. The van der Waals surface area contributed by atoms with E-state index in [4.69, 9.17) is 0 Å². The molecular formula is C14H16N4. The van der Waals surface area contributed by atoms with Crippen molar-refractivity contribution in [2.75, 3.05) is 12.4 Å². The third kappa shape index (κ3) is 1.74. The molecule has 4 nitrogen and oxygen atoms in total. The van der Waals surface area contributed by atoms with Crippen molar-refractivity contribution in [2.45, 2.75) is 26.2 Å². The van der Waals surface area contributed by atoms with Crippen LogP contribution in [0.2, 0.25) is 0 Å². The third-order valence-corrected chi connectivity index (χ3v) is 3.39. The minimum atomic E-state index is 0.734. The SMILES string of the molecule is CNc1nc(-c2ncccc2C)nc2c1CCC2. The van der Waals surface area contributed by atoms with Crippen molar-refractivity contribution >= 4 is 5.82 Å². The summed E-state index contributed by atoms with van der Waals surface area (Å²) in [4.78, 5) is 13.7. The van der Waals surface area contributed by atoms with Crippen LogP contribution in [0.1, 0.15) is 23.2 Å². The molecule has 18 heavy (non-hydrogen) atoms. The second kappa shape index (κ2) is 4.37. The van der Waals surface area contributed by atoms with E-state index in [9.17, 15) is 0 Å². The summed E-state index contributed by atoms with van der Waals surface area (Å²) in [6.07, 6.45) is 5.08. The molecule has 2 aromatic heterocycles. The molecule has 0 radical (unpaired) electrons. The Morgan fingerprint density at radius 2 is 2.11 bits per heavy atom. The van der Waals surface area contributed by atoms with Crippen LogP contribution in [0.5, 0.6) is 0 Å². The molecule has 0 atom stereocenters. The summed E-state index contributed by atoms with van der Waals surface area (Å²) in [6, 6.07) is 3.98. The van der Waals surface area contributed by atoms with E-state index in [2.05, 4.69) is 20.3 Å². The molecule has 4 heteroatoms. The van der Waals surface area contributed by atoms with Crippen LogP contribution in [0.15, 0.2) is 18.3 Å². The normalized spacial score (nSPS) is 13.4. The lowest BCUT2D eigenvalue weighted by molar-refractivity contribution is 0.899. The molecule has 0 aliphatic heterocycles. The van der Waals surface area contributed by atoms with Crippen molar-refractivity contribution in [3.63, 3.8) is 0 Å². The molecule has 2 heterocycles. The van der Waals surface area contributed by atoms with Crippen LogP contribution in [-0.4, -0.2) is 22.0 Å². The molecule has 0 saturated carbocycles. The van der Waals surface area contributed by atoms with Gasteiger partial charge in [-0.15, -0.1) is 0 Å². The first kappa shape index (κ1) is 11.1. The van der Waals surface area contributed by atoms with Gasteiger partial charge in [-0.3, -0.25) is 4.98 Å². The first-order chi connectivity index (χ1) is 8.79. The molecule has 1 N–H and O–H groups in total. The Morgan fingerprint density at radius 3 is 2.89 bits per heavy atom. The minimum Gasteiger partial charge on any atom is -0.373 e. The Hall–Kier alpha value is -1.97. The van der Waals surface area contributed by atoms with Gasteiger partial charge in [0.15, 0.2) is 5.82 Å². The molecule has 0 fully saturated rings. The van der Waals surface area contributed by atoms with Crippen molar-refractivity contribution in [3.8, 4) is 11.5 Å². The molecule has 0 amide bonds. The summed E-state index contributed by atoms with van der Waals surface area (Å²) >= 11 is 0. The van der Waals surface area contributed by atoms with Crippen LogP contribution in [0.25, 0.3) is 11.5 Å². The van der Waals surface area contributed by atoms with E-state index >= 15 is 0 Å². The summed E-state index contributed by atoms with van der Waals surface area (Å²) < 4.78 is 0. The molecule has 1 aliphatic carbocycles. The van der Waals surface area contributed by atoms with E-state index in [1.165, 1.54) is 17.7 Å². The highest BCUT2D eigenvalue weighted by Gasteiger charge is 2.20. The molecule has 2 aromatic rings. The Bertz CT molecular complexity index is 592. The first-order valence-corrected chi connectivity index (χ1v) is 6.29. The zero-order valence-corrected chi connectivity index (χ0v) is 10.7. The van der Waals surface area contributed by atoms with E-state index in [0.717, 1.165) is 35.7 Å². The van der Waals surface area contributed by atoms with Gasteiger partial charge in [-0.2, -0.15) is 0 Å². The lowest BCUT2D eigenvalue weighted by Gasteiger charge is -2.10. The largest absolute Gasteiger partial charge is 0.373 e. The van der Waals surface area contributed by atoms with E-state index in [1.807, 2.05) is 26.1 Å². The highest BCUT2D eigenvalue weighted by atomic mass is 15.0. The predicted octanol–water partition coefficient (Wildman–Crippen LogP) is 2.38. The van der Waals surface area contributed by atoms with Crippen LogP contribution >= 0.6 is 0 Å². The van der Waals surface area contributed by atoms with Gasteiger partial charge in [-0.1, -0.05) is 6.07 Å². The van der Waals surface area contributed by atoms with Crippen molar-refractivity contribution in [1.29, 1.82) is 0 Å². The van der Waals surface area contributed by atoms with Gasteiger partial charge in [0, 0.05) is 24.5 Å². The molecule has 0 bridgehead atoms. The van der Waals surface area contributed by atoms with E-state index < -0.39 is 0 Å². The fraction of sp³-hybridized carbons (Fsp3) is 0.357. The van der Waals surface area contributed by atoms with Crippen LogP contribution < -0.4 is 5.32 Å². The number of aryl methyl sites for hydroxylation is 2. The summed E-state index contributed by atoms with van der Waals surface area (Å²) in [7, 11) is 1.91. The van der Waals surface area contributed by atoms with Crippen molar-refractivity contribution in [3.05, 3.63) is 35.2 Å². The summed E-state index contributed by atoms with van der Waals surface area (Å²) in [5.41, 5.74) is 4.44. The van der Waals surface area contributed by atoms with Gasteiger partial charge < -0.3 is 5.32 Å². The quantitative estimate of drug-likeness (QED) is 0.875. The van der Waals surface area contributed by atoms with Gasteiger partial charge in [0.05, 0.1) is 0 Å². The van der Waals surface area contributed by atoms with Crippen LogP contribution in [-0.2, 0) is 12.8 Å². The second-order valence-corrected chi connectivity index (χ2v) is 4.59. The summed E-state index contributed by atoms with van der Waals surface area (Å²) in [6.45, 7) is 2.04. The number of nitrogens with zero attached hydrogens (tertiary/aromatic N) is 3. The number of aromatic nitrogens is 3. The molecule has 92 valence electrons. The number of nitrogens with one attached hydrogen (secondary N) is 1. The van der Waals surface area contributed by atoms with E-state index in [1.54, 1.807) is 6.20 Å². The second-order valence-electron chi connectivity index (χ2n) is 4.59. The Morgan fingerprint density at radius 1 is 1.22 bits per heavy atom. The molecule has 0 aromatic carbocycles. The fourth-order valence-electron chi connectivity index (χ4n) is 2.46. The van der Waals surface area contributed by atoms with Crippen LogP contribution in [0, 0.1) is 6.92 Å². The van der Waals surface area contributed by atoms with Gasteiger partial charge in [-0.05, 0) is 37.8 Å². The van der Waals surface area contributed by atoms with Crippen molar-refractivity contribution in [2.24, 2.45) is 0 Å². The number of hydrogen-bond donors (Lipinski definition) is 1. The fourth-order valence-corrected chi connectivity index (χ4v) is 2.46. The van der Waals surface area contributed by atoms with Crippen LogP contribution in [0.4, 0.5) is 5.82 Å². The number of hydrogen-bond acceptors (Lipinski definition) is 4. The molecule has 1 aliphatic rings. The van der Waals surface area contributed by atoms with E-state index in [0.29, 0.717) is 0 Å². The number of anilines is 1. The summed E-state index contributed by atoms with van der Waals surface area (Å²) in [5.74, 6) is 1.69. The maximum atomic E-state index is 4.68. The molecule has 3 rings (SSSR count). The average molecular weight is 240 g/mol. The molecule has 0 saturated heterocycles. The number of pyridine rings is 1. The predicted molar refractivity (Wildman–Crippen MR) is 71.6 cm³/mol. The van der Waals surface area contributed by atoms with Crippen molar-refractivity contribution < 1.29 is 0 Å².